The van der Waals surface area contributed by atoms with Gasteiger partial charge in [-0.15, -0.1) is 22.7 Å². The largest absolute Gasteiger partial charge is 0.340 e. The Bertz CT molecular complexity index is 1090. The van der Waals surface area contributed by atoms with Crippen molar-refractivity contribution in [1.82, 2.24) is 19.8 Å². The van der Waals surface area contributed by atoms with Crippen LogP contribution < -0.4 is 5.56 Å². The zero-order chi connectivity index (χ0) is 19.3. The van der Waals surface area contributed by atoms with E-state index in [4.69, 9.17) is 4.98 Å². The second-order valence-corrected chi connectivity index (χ2v) is 9.77. The molecule has 3 aromatic heterocycles. The van der Waals surface area contributed by atoms with Crippen molar-refractivity contribution in [3.63, 3.8) is 0 Å². The third-order valence-corrected chi connectivity index (χ3v) is 7.39. The molecule has 0 bridgehead atoms. The highest BCUT2D eigenvalue weighted by Gasteiger charge is 2.34. The van der Waals surface area contributed by atoms with Gasteiger partial charge < -0.3 is 9.88 Å². The number of carbonyl (C=O) groups excluding carboxylic acids is 1. The van der Waals surface area contributed by atoms with E-state index in [1.54, 1.807) is 11.3 Å². The molecular weight excluding hydrogens is 392 g/mol. The van der Waals surface area contributed by atoms with Crippen LogP contribution in [0.2, 0.25) is 0 Å². The van der Waals surface area contributed by atoms with Gasteiger partial charge in [0.05, 0.1) is 11.9 Å². The molecule has 0 spiro atoms. The van der Waals surface area contributed by atoms with Crippen molar-refractivity contribution < 1.29 is 4.79 Å². The highest BCUT2D eigenvalue weighted by Crippen LogP contribution is 2.35. The number of carbonyl (C=O) groups is 1. The van der Waals surface area contributed by atoms with Crippen LogP contribution in [0.1, 0.15) is 23.5 Å². The van der Waals surface area contributed by atoms with Crippen LogP contribution in [0, 0.1) is 12.8 Å². The molecule has 1 amide bonds. The van der Waals surface area contributed by atoms with E-state index in [1.165, 1.54) is 16.2 Å². The number of aromatic amines is 1. The summed E-state index contributed by atoms with van der Waals surface area (Å²) in [5.74, 6) is 1.31. The maximum absolute atomic E-state index is 12.8. The van der Waals surface area contributed by atoms with Gasteiger partial charge in [0.1, 0.15) is 10.7 Å². The van der Waals surface area contributed by atoms with Crippen LogP contribution in [0.15, 0.2) is 22.3 Å². The molecule has 3 aromatic rings. The number of hydrogen-bond acceptors (Lipinski definition) is 6. The van der Waals surface area contributed by atoms with Crippen molar-refractivity contribution in [2.24, 2.45) is 5.92 Å². The van der Waals surface area contributed by atoms with Gasteiger partial charge in [0, 0.05) is 52.8 Å². The first-order chi connectivity index (χ1) is 13.6. The average Bonchev–Trinajstić information content (AvgIpc) is 3.31. The molecule has 28 heavy (non-hydrogen) atoms. The van der Waals surface area contributed by atoms with E-state index in [1.807, 2.05) is 10.3 Å². The van der Waals surface area contributed by atoms with Crippen LogP contribution >= 0.6 is 22.7 Å². The average molecular weight is 415 g/mol. The predicted molar refractivity (Wildman–Crippen MR) is 113 cm³/mol. The lowest BCUT2D eigenvalue weighted by Gasteiger charge is -2.34. The maximum Gasteiger partial charge on any atom is 0.260 e. The van der Waals surface area contributed by atoms with Gasteiger partial charge in [0.2, 0.25) is 5.91 Å². The predicted octanol–water partition coefficient (Wildman–Crippen LogP) is 3.08. The zero-order valence-corrected chi connectivity index (χ0v) is 17.4. The van der Waals surface area contributed by atoms with Crippen LogP contribution in [0.5, 0.6) is 0 Å². The molecule has 0 radical (unpaired) electrons. The smallest absolute Gasteiger partial charge is 0.260 e. The summed E-state index contributed by atoms with van der Waals surface area (Å²) in [6.07, 6.45) is 2.11. The number of rotatable bonds is 4. The lowest BCUT2D eigenvalue weighted by molar-refractivity contribution is -0.134. The molecule has 146 valence electrons. The van der Waals surface area contributed by atoms with Gasteiger partial charge in [0.25, 0.3) is 5.56 Å². The number of piperazine rings is 1. The summed E-state index contributed by atoms with van der Waals surface area (Å²) in [7, 11) is 0. The standard InChI is InChI=1S/C20H22N4O2S2/c1-12-2-5-15(28-12)14-11-27-19-17(14)18(25)21-16(22-19)10-23-6-8-24(9-7-23)20(26)13-3-4-13/h2,5,11,13H,3-4,6-10H2,1H3,(H,21,22,25). The summed E-state index contributed by atoms with van der Waals surface area (Å²) in [5.41, 5.74) is 0.912. The van der Waals surface area contributed by atoms with Crippen LogP contribution in [0.4, 0.5) is 0 Å². The molecule has 1 saturated carbocycles. The molecule has 1 N–H and O–H groups in total. The minimum atomic E-state index is -0.0650. The molecule has 6 nitrogen and oxygen atoms in total. The number of aryl methyl sites for hydroxylation is 1. The Balaban J connectivity index is 1.32. The van der Waals surface area contributed by atoms with Crippen molar-refractivity contribution in [3.8, 4) is 10.4 Å². The van der Waals surface area contributed by atoms with Crippen LogP contribution in [0.3, 0.4) is 0 Å². The minimum Gasteiger partial charge on any atom is -0.340 e. The summed E-state index contributed by atoms with van der Waals surface area (Å²) in [4.78, 5) is 40.1. The molecule has 1 aliphatic heterocycles. The number of aromatic nitrogens is 2. The molecule has 2 aliphatic rings. The number of H-pyrrole nitrogens is 1. The Morgan fingerprint density at radius 3 is 2.71 bits per heavy atom. The number of hydrogen-bond donors (Lipinski definition) is 1. The van der Waals surface area contributed by atoms with Crippen LogP contribution in [-0.2, 0) is 11.3 Å². The van der Waals surface area contributed by atoms with E-state index < -0.39 is 0 Å². The normalized spacial score (nSPS) is 18.1. The van der Waals surface area contributed by atoms with Gasteiger partial charge in [-0.2, -0.15) is 0 Å². The fourth-order valence-corrected chi connectivity index (χ4v) is 5.68. The van der Waals surface area contributed by atoms with Crippen molar-refractivity contribution in [1.29, 1.82) is 0 Å². The Hall–Kier alpha value is -2.03. The van der Waals surface area contributed by atoms with Gasteiger partial charge in [-0.1, -0.05) is 0 Å². The Morgan fingerprint density at radius 1 is 1.25 bits per heavy atom. The topological polar surface area (TPSA) is 69.3 Å². The van der Waals surface area contributed by atoms with Crippen molar-refractivity contribution >= 4 is 38.8 Å². The molecule has 8 heteroatoms. The highest BCUT2D eigenvalue weighted by molar-refractivity contribution is 7.19. The number of fused-ring (bicyclic) bond motifs is 1. The highest BCUT2D eigenvalue weighted by atomic mass is 32.1. The SMILES string of the molecule is Cc1ccc(-c2csc3nc(CN4CCN(C(=O)C5CC5)CC4)[nH]c(=O)c23)s1. The molecule has 0 aromatic carbocycles. The van der Waals surface area contributed by atoms with Gasteiger partial charge in [-0.3, -0.25) is 14.5 Å². The molecule has 0 atom stereocenters. The summed E-state index contributed by atoms with van der Waals surface area (Å²) in [6, 6.07) is 4.14. The number of thiophene rings is 2. The fraction of sp³-hybridized carbons (Fsp3) is 0.450. The minimum absolute atomic E-state index is 0.0650. The first kappa shape index (κ1) is 18.0. The van der Waals surface area contributed by atoms with Gasteiger partial charge in [0.15, 0.2) is 0 Å². The first-order valence-corrected chi connectivity index (χ1v) is 11.4. The summed E-state index contributed by atoms with van der Waals surface area (Å²) in [6.45, 7) is 5.86. The van der Waals surface area contributed by atoms with E-state index in [0.29, 0.717) is 23.7 Å². The third kappa shape index (κ3) is 3.40. The van der Waals surface area contributed by atoms with E-state index in [9.17, 15) is 9.59 Å². The Morgan fingerprint density at radius 2 is 2.04 bits per heavy atom. The van der Waals surface area contributed by atoms with E-state index >= 15 is 0 Å². The van der Waals surface area contributed by atoms with Gasteiger partial charge >= 0.3 is 0 Å². The van der Waals surface area contributed by atoms with E-state index in [0.717, 1.165) is 54.3 Å². The second kappa shape index (κ2) is 7.09. The third-order valence-electron chi connectivity index (χ3n) is 5.48. The molecule has 1 aliphatic carbocycles. The van der Waals surface area contributed by atoms with Crippen molar-refractivity contribution in [2.75, 3.05) is 26.2 Å². The maximum atomic E-state index is 12.8. The van der Waals surface area contributed by atoms with Gasteiger partial charge in [-0.25, -0.2) is 4.98 Å². The second-order valence-electron chi connectivity index (χ2n) is 7.63. The molecule has 1 saturated heterocycles. The van der Waals surface area contributed by atoms with E-state index in [-0.39, 0.29) is 11.5 Å². The lowest BCUT2D eigenvalue weighted by Crippen LogP contribution is -2.49. The molecule has 2 fully saturated rings. The van der Waals surface area contributed by atoms with Crippen LogP contribution in [-0.4, -0.2) is 51.9 Å². The molecule has 4 heterocycles. The Kier molecular flexibility index (Phi) is 4.57. The molecular formula is C20H22N4O2S2. The first-order valence-electron chi connectivity index (χ1n) is 9.67. The summed E-state index contributed by atoms with van der Waals surface area (Å²) in [5, 5.41) is 2.72. The van der Waals surface area contributed by atoms with Crippen molar-refractivity contribution in [3.05, 3.63) is 38.6 Å². The summed E-state index contributed by atoms with van der Waals surface area (Å²) >= 11 is 3.22. The monoisotopic (exact) mass is 414 g/mol. The Labute approximate surface area is 170 Å². The zero-order valence-electron chi connectivity index (χ0n) is 15.7. The van der Waals surface area contributed by atoms with Crippen molar-refractivity contribution in [2.45, 2.75) is 26.3 Å². The fourth-order valence-electron chi connectivity index (χ4n) is 3.76. The van der Waals surface area contributed by atoms with Gasteiger partial charge in [-0.05, 0) is 31.9 Å². The number of nitrogens with one attached hydrogen (secondary N) is 1. The van der Waals surface area contributed by atoms with Crippen LogP contribution in [0.25, 0.3) is 20.7 Å². The quantitative estimate of drug-likeness (QED) is 0.712. The molecule has 5 rings (SSSR count). The number of nitrogens with zero attached hydrogens (tertiary/aromatic N) is 3. The van der Waals surface area contributed by atoms with E-state index in [2.05, 4.69) is 28.9 Å². The number of amides is 1. The summed E-state index contributed by atoms with van der Waals surface area (Å²) < 4.78 is 0. The lowest BCUT2D eigenvalue weighted by atomic mass is 10.2. The molecule has 0 unspecified atom stereocenters.